The summed E-state index contributed by atoms with van der Waals surface area (Å²) in [7, 11) is 1.64. The highest BCUT2D eigenvalue weighted by atomic mass is 32.1. The van der Waals surface area contributed by atoms with Crippen molar-refractivity contribution >= 4 is 29.5 Å². The van der Waals surface area contributed by atoms with Crippen molar-refractivity contribution in [3.05, 3.63) is 65.6 Å². The van der Waals surface area contributed by atoms with Gasteiger partial charge in [-0.15, -0.1) is 0 Å². The number of benzene rings is 1. The molecule has 3 heterocycles. The fourth-order valence-electron chi connectivity index (χ4n) is 5.42. The third-order valence-electron chi connectivity index (χ3n) is 7.48. The van der Waals surface area contributed by atoms with Crippen LogP contribution in [0.2, 0.25) is 0 Å². The molecule has 1 fully saturated rings. The van der Waals surface area contributed by atoms with E-state index in [2.05, 4.69) is 14.9 Å². The van der Waals surface area contributed by atoms with Gasteiger partial charge in [-0.25, -0.2) is 0 Å². The molecule has 0 bridgehead atoms. The summed E-state index contributed by atoms with van der Waals surface area (Å²) in [6, 6.07) is 11.7. The molecule has 1 aliphatic rings. The molecular weight excluding hydrogens is 474 g/mol. The van der Waals surface area contributed by atoms with Crippen molar-refractivity contribution in [1.82, 2.24) is 14.9 Å². The molecule has 1 saturated heterocycles. The van der Waals surface area contributed by atoms with Crippen LogP contribution in [-0.4, -0.2) is 57.8 Å². The van der Waals surface area contributed by atoms with E-state index in [1.54, 1.807) is 19.5 Å². The van der Waals surface area contributed by atoms with Crippen LogP contribution in [0.15, 0.2) is 48.8 Å². The number of pyridine rings is 2. The summed E-state index contributed by atoms with van der Waals surface area (Å²) in [6.45, 7) is 2.43. The summed E-state index contributed by atoms with van der Waals surface area (Å²) in [5, 5.41) is 20.7. The minimum Gasteiger partial charge on any atom is -0.497 e. The maximum absolute atomic E-state index is 11.8. The standard InChI is InChI=1S/C28H35N3O4S/c1-35-21-7-8-24-23(15-21)22(20(19-32)17-30-24)5-4-9-28(16-27(33)34)10-13-31(14-11-28)18-26(36)25-6-2-3-12-29-25/h2-3,6-8,12,15,17,26,32,36H,4-5,9-11,13-14,16,18-19H2,1H3,(H,33,34). The van der Waals surface area contributed by atoms with Crippen molar-refractivity contribution < 1.29 is 19.7 Å². The number of aromatic nitrogens is 2. The van der Waals surface area contributed by atoms with Gasteiger partial charge in [-0.05, 0) is 92.1 Å². The normalized spacial score (nSPS) is 16.6. The Morgan fingerprint density at radius 2 is 2.03 bits per heavy atom. The van der Waals surface area contributed by atoms with Gasteiger partial charge in [0.15, 0.2) is 0 Å². The van der Waals surface area contributed by atoms with Crippen molar-refractivity contribution in [3.8, 4) is 5.75 Å². The summed E-state index contributed by atoms with van der Waals surface area (Å²) in [5.41, 5.74) is 3.49. The first-order valence-electron chi connectivity index (χ1n) is 12.5. The summed E-state index contributed by atoms with van der Waals surface area (Å²) < 4.78 is 5.41. The number of carboxylic acid groups (broad SMARTS) is 1. The minimum absolute atomic E-state index is 0.0343. The van der Waals surface area contributed by atoms with Crippen molar-refractivity contribution in [2.24, 2.45) is 5.41 Å². The fraction of sp³-hybridized carbons (Fsp3) is 0.464. The Morgan fingerprint density at radius 1 is 1.22 bits per heavy atom. The quantitative estimate of drug-likeness (QED) is 0.323. The number of aliphatic hydroxyl groups is 1. The first-order valence-corrected chi connectivity index (χ1v) is 13.0. The maximum Gasteiger partial charge on any atom is 0.303 e. The predicted octanol–water partition coefficient (Wildman–Crippen LogP) is 4.68. The number of methoxy groups -OCH3 is 1. The molecule has 1 aliphatic heterocycles. The molecule has 0 radical (unpaired) electrons. The Bertz CT molecular complexity index is 1160. The van der Waals surface area contributed by atoms with Crippen molar-refractivity contribution in [2.75, 3.05) is 26.7 Å². The van der Waals surface area contributed by atoms with Crippen molar-refractivity contribution in [2.45, 2.75) is 50.4 Å². The lowest BCUT2D eigenvalue weighted by Crippen LogP contribution is -2.42. The molecule has 1 atom stereocenters. The highest BCUT2D eigenvalue weighted by molar-refractivity contribution is 7.80. The predicted molar refractivity (Wildman–Crippen MR) is 143 cm³/mol. The number of aliphatic carboxylic acids is 1. The monoisotopic (exact) mass is 509 g/mol. The Labute approximate surface area is 217 Å². The summed E-state index contributed by atoms with van der Waals surface area (Å²) >= 11 is 4.76. The highest BCUT2D eigenvalue weighted by Crippen LogP contribution is 2.41. The smallest absolute Gasteiger partial charge is 0.303 e. The van der Waals surface area contributed by atoms with Crippen LogP contribution in [0, 0.1) is 5.41 Å². The van der Waals surface area contributed by atoms with Gasteiger partial charge >= 0.3 is 5.97 Å². The van der Waals surface area contributed by atoms with Gasteiger partial charge in [0.25, 0.3) is 0 Å². The number of carboxylic acids is 1. The number of rotatable bonds is 11. The lowest BCUT2D eigenvalue weighted by atomic mass is 9.71. The Kier molecular flexibility index (Phi) is 8.82. The van der Waals surface area contributed by atoms with Gasteiger partial charge in [-0.1, -0.05) is 6.07 Å². The molecule has 2 N–H and O–H groups in total. The van der Waals surface area contributed by atoms with Crippen molar-refractivity contribution in [3.63, 3.8) is 0 Å². The third-order valence-corrected chi connectivity index (χ3v) is 7.91. The topological polar surface area (TPSA) is 95.8 Å². The van der Waals surface area contributed by atoms with Gasteiger partial charge < -0.3 is 19.8 Å². The number of thiol groups is 1. The number of likely N-dealkylation sites (tertiary alicyclic amines) is 1. The third kappa shape index (κ3) is 6.35. The number of carbonyl (C=O) groups is 1. The van der Waals surface area contributed by atoms with Crippen LogP contribution < -0.4 is 4.74 Å². The highest BCUT2D eigenvalue weighted by Gasteiger charge is 2.36. The molecule has 8 heteroatoms. The molecule has 0 saturated carbocycles. The molecule has 7 nitrogen and oxygen atoms in total. The van der Waals surface area contributed by atoms with Gasteiger partial charge in [0.2, 0.25) is 0 Å². The lowest BCUT2D eigenvalue weighted by molar-refractivity contribution is -0.140. The molecule has 192 valence electrons. The number of ether oxygens (including phenoxy) is 1. The van der Waals surface area contributed by atoms with E-state index in [4.69, 9.17) is 17.4 Å². The molecule has 0 spiro atoms. The van der Waals surface area contributed by atoms with E-state index < -0.39 is 5.97 Å². The molecule has 0 amide bonds. The van der Waals surface area contributed by atoms with Crippen LogP contribution in [-0.2, 0) is 17.8 Å². The van der Waals surface area contributed by atoms with Crippen LogP contribution >= 0.6 is 12.6 Å². The summed E-state index contributed by atoms with van der Waals surface area (Å²) in [5.74, 6) is 0.0164. The fourth-order valence-corrected chi connectivity index (χ4v) is 5.81. The molecule has 4 rings (SSSR count). The van der Waals surface area contributed by atoms with E-state index in [1.807, 2.05) is 36.4 Å². The van der Waals surface area contributed by atoms with Crippen LogP contribution in [0.4, 0.5) is 0 Å². The zero-order chi connectivity index (χ0) is 25.5. The summed E-state index contributed by atoms with van der Waals surface area (Å²) in [6.07, 6.45) is 7.84. The van der Waals surface area contributed by atoms with E-state index in [0.717, 1.165) is 85.2 Å². The van der Waals surface area contributed by atoms with E-state index in [9.17, 15) is 15.0 Å². The molecule has 2 aromatic heterocycles. The van der Waals surface area contributed by atoms with Gasteiger partial charge in [0.05, 0.1) is 36.6 Å². The van der Waals surface area contributed by atoms with Gasteiger partial charge in [-0.2, -0.15) is 12.6 Å². The number of hydrogen-bond donors (Lipinski definition) is 3. The second kappa shape index (κ2) is 12.0. The minimum atomic E-state index is -0.737. The zero-order valence-corrected chi connectivity index (χ0v) is 21.7. The SMILES string of the molecule is COc1ccc2ncc(CO)c(CCCC3(CC(=O)O)CCN(CC(S)c4ccccn4)CC3)c2c1. The number of nitrogens with zero attached hydrogens (tertiary/aromatic N) is 3. The molecule has 3 aromatic rings. The van der Waals surface area contributed by atoms with Crippen molar-refractivity contribution in [1.29, 1.82) is 0 Å². The van der Waals surface area contributed by atoms with Crippen LogP contribution in [0.5, 0.6) is 5.75 Å². The number of aliphatic hydroxyl groups excluding tert-OH is 1. The number of fused-ring (bicyclic) bond motifs is 1. The van der Waals surface area contributed by atoms with E-state index in [0.29, 0.717) is 0 Å². The number of aryl methyl sites for hydroxylation is 1. The average Bonchev–Trinajstić information content (AvgIpc) is 2.90. The van der Waals surface area contributed by atoms with Crippen LogP contribution in [0.1, 0.15) is 54.2 Å². The van der Waals surface area contributed by atoms with Gasteiger partial charge in [0.1, 0.15) is 5.75 Å². The lowest BCUT2D eigenvalue weighted by Gasteiger charge is -2.42. The van der Waals surface area contributed by atoms with E-state index >= 15 is 0 Å². The molecule has 1 unspecified atom stereocenters. The molecule has 1 aromatic carbocycles. The van der Waals surface area contributed by atoms with Crippen LogP contribution in [0.3, 0.4) is 0 Å². The zero-order valence-electron chi connectivity index (χ0n) is 20.8. The second-order valence-electron chi connectivity index (χ2n) is 9.80. The first-order chi connectivity index (χ1) is 17.4. The average molecular weight is 510 g/mol. The second-order valence-corrected chi connectivity index (χ2v) is 10.4. The van der Waals surface area contributed by atoms with Gasteiger partial charge in [-0.3, -0.25) is 14.8 Å². The van der Waals surface area contributed by atoms with E-state index in [-0.39, 0.29) is 23.7 Å². The maximum atomic E-state index is 11.8. The van der Waals surface area contributed by atoms with Crippen LogP contribution in [0.25, 0.3) is 10.9 Å². The molecule has 36 heavy (non-hydrogen) atoms. The molecule has 0 aliphatic carbocycles. The van der Waals surface area contributed by atoms with E-state index in [1.165, 1.54) is 0 Å². The molecular formula is C28H35N3O4S. The van der Waals surface area contributed by atoms with Gasteiger partial charge in [0, 0.05) is 24.3 Å². The number of piperidine rings is 1. The Morgan fingerprint density at radius 3 is 2.69 bits per heavy atom. The Balaban J connectivity index is 1.42. The largest absolute Gasteiger partial charge is 0.497 e. The number of hydrogen-bond acceptors (Lipinski definition) is 7. The first kappa shape index (κ1) is 26.4. The Hall–Kier alpha value is -2.68. The summed E-state index contributed by atoms with van der Waals surface area (Å²) in [4.78, 5) is 23.1.